The van der Waals surface area contributed by atoms with Crippen molar-refractivity contribution in [2.45, 2.75) is 11.5 Å². The van der Waals surface area contributed by atoms with Crippen LogP contribution in [0.15, 0.2) is 131 Å². The molecule has 0 atom stereocenters. The number of pyridine rings is 2. The fourth-order valence-electron chi connectivity index (χ4n) is 5.14. The van der Waals surface area contributed by atoms with Gasteiger partial charge in [-0.3, -0.25) is 9.97 Å². The first kappa shape index (κ1) is 31.0. The van der Waals surface area contributed by atoms with Gasteiger partial charge in [-0.2, -0.15) is 0 Å². The summed E-state index contributed by atoms with van der Waals surface area (Å²) in [6.45, 7) is 0. The summed E-state index contributed by atoms with van der Waals surface area (Å²) in [5, 5.41) is 0. The Morgan fingerprint density at radius 2 is 0.911 bits per heavy atom. The van der Waals surface area contributed by atoms with Gasteiger partial charge in [0.2, 0.25) is 0 Å². The van der Waals surface area contributed by atoms with Crippen molar-refractivity contribution in [2.24, 2.45) is 0 Å². The molecule has 224 valence electrons. The predicted octanol–water partition coefficient (Wildman–Crippen LogP) is 10.1. The van der Waals surface area contributed by atoms with E-state index < -0.39 is 33.0 Å². The summed E-state index contributed by atoms with van der Waals surface area (Å²) in [4.78, 5) is 8.94. The Morgan fingerprint density at radius 3 is 1.29 bits per heavy atom. The zero-order valence-electron chi connectivity index (χ0n) is 23.6. The van der Waals surface area contributed by atoms with Gasteiger partial charge in [-0.05, 0) is 59.7 Å². The van der Waals surface area contributed by atoms with Gasteiger partial charge < -0.3 is 0 Å². The van der Waals surface area contributed by atoms with E-state index in [-0.39, 0.29) is 11.1 Å². The van der Waals surface area contributed by atoms with E-state index >= 15 is 8.78 Å². The summed E-state index contributed by atoms with van der Waals surface area (Å²) in [6.07, 6.45) is 3.26. The number of halogens is 4. The Labute approximate surface area is 277 Å². The molecule has 2 heterocycles. The Kier molecular flexibility index (Phi) is 9.03. The van der Waals surface area contributed by atoms with E-state index in [9.17, 15) is 8.42 Å². The Balaban J connectivity index is 1.22. The van der Waals surface area contributed by atoms with E-state index in [0.717, 1.165) is 31.2 Å². The van der Waals surface area contributed by atoms with Crippen LogP contribution in [0, 0.1) is 11.6 Å². The Bertz CT molecular complexity index is 1980. The minimum atomic E-state index is -3.92. The zero-order valence-corrected chi connectivity index (χ0v) is 27.6. The lowest BCUT2D eigenvalue weighted by Gasteiger charge is -2.12. The molecule has 0 spiro atoms. The van der Waals surface area contributed by atoms with Crippen LogP contribution in [0.2, 0.25) is 0 Å². The molecule has 0 aliphatic rings. The summed E-state index contributed by atoms with van der Waals surface area (Å²) in [7, 11) is -3.92. The number of hydrogen-bond donors (Lipinski definition) is 0. The number of benzene rings is 4. The highest BCUT2D eigenvalue weighted by Crippen LogP contribution is 2.34. The van der Waals surface area contributed by atoms with E-state index in [1.165, 1.54) is 24.3 Å². The van der Waals surface area contributed by atoms with Crippen molar-refractivity contribution in [1.29, 1.82) is 0 Å². The molecule has 9 heteroatoms. The molecule has 0 aliphatic carbocycles. The van der Waals surface area contributed by atoms with Gasteiger partial charge in [0, 0.05) is 54.7 Å². The van der Waals surface area contributed by atoms with Crippen LogP contribution >= 0.6 is 31.9 Å². The summed E-state index contributed by atoms with van der Waals surface area (Å²) >= 11 is 6.87. The largest absolute Gasteiger partial charge is 0.256 e. The van der Waals surface area contributed by atoms with E-state index in [1.807, 2.05) is 72.8 Å². The molecule has 0 saturated heterocycles. The van der Waals surface area contributed by atoms with Crippen LogP contribution in [-0.2, 0) is 21.3 Å². The molecule has 6 aromatic rings. The molecule has 45 heavy (non-hydrogen) atoms. The maximum absolute atomic E-state index is 15.3. The first-order chi connectivity index (χ1) is 21.7. The molecule has 0 aliphatic heterocycles. The minimum Gasteiger partial charge on any atom is -0.256 e. The lowest BCUT2D eigenvalue weighted by Crippen LogP contribution is -2.10. The topological polar surface area (TPSA) is 59.9 Å². The van der Waals surface area contributed by atoms with E-state index in [4.69, 9.17) is 0 Å². The SMILES string of the molecule is O=S(=O)(Cc1ccc(-c2ncccc2-c2ccc(Br)cc2)cc1F)Cc1ccc(-c2ncccc2-c2ccc(Br)cc2)cc1F. The van der Waals surface area contributed by atoms with Crippen LogP contribution in [0.4, 0.5) is 8.78 Å². The summed E-state index contributed by atoms with van der Waals surface area (Å²) < 4.78 is 58.8. The van der Waals surface area contributed by atoms with Gasteiger partial charge in [0.15, 0.2) is 9.84 Å². The predicted molar refractivity (Wildman–Crippen MR) is 182 cm³/mol. The highest BCUT2D eigenvalue weighted by molar-refractivity contribution is 9.10. The average molecular weight is 746 g/mol. The molecule has 0 unspecified atom stereocenters. The van der Waals surface area contributed by atoms with Crippen LogP contribution in [0.5, 0.6) is 0 Å². The van der Waals surface area contributed by atoms with Crippen LogP contribution in [0.25, 0.3) is 44.8 Å². The second kappa shape index (κ2) is 13.1. The number of sulfone groups is 1. The van der Waals surface area contributed by atoms with Crippen molar-refractivity contribution in [3.05, 3.63) is 153 Å². The monoisotopic (exact) mass is 744 g/mol. The van der Waals surface area contributed by atoms with Gasteiger partial charge >= 0.3 is 0 Å². The van der Waals surface area contributed by atoms with E-state index in [0.29, 0.717) is 22.5 Å². The number of nitrogens with zero attached hydrogens (tertiary/aromatic N) is 2. The maximum atomic E-state index is 15.3. The molecule has 0 bridgehead atoms. The summed E-state index contributed by atoms with van der Waals surface area (Å²) in [5.41, 5.74) is 5.66. The third kappa shape index (κ3) is 7.11. The highest BCUT2D eigenvalue weighted by atomic mass is 79.9. The molecule has 2 aromatic heterocycles. The van der Waals surface area contributed by atoms with E-state index in [1.54, 1.807) is 24.5 Å². The van der Waals surface area contributed by atoms with Gasteiger partial charge in [-0.15, -0.1) is 0 Å². The van der Waals surface area contributed by atoms with Gasteiger partial charge in [0.05, 0.1) is 22.9 Å². The molecule has 0 fully saturated rings. The Hall–Kier alpha value is -4.05. The molecule has 0 amide bonds. The summed E-state index contributed by atoms with van der Waals surface area (Å²) in [6, 6.07) is 31.6. The van der Waals surface area contributed by atoms with Gasteiger partial charge in [0.25, 0.3) is 0 Å². The molecule has 0 saturated carbocycles. The third-order valence-electron chi connectivity index (χ3n) is 7.33. The second-order valence-corrected chi connectivity index (χ2v) is 14.4. The van der Waals surface area contributed by atoms with Crippen molar-refractivity contribution in [3.8, 4) is 44.8 Å². The van der Waals surface area contributed by atoms with Crippen molar-refractivity contribution < 1.29 is 17.2 Å². The quantitative estimate of drug-likeness (QED) is 0.156. The average Bonchev–Trinajstić information content (AvgIpc) is 3.04. The van der Waals surface area contributed by atoms with Crippen molar-refractivity contribution in [3.63, 3.8) is 0 Å². The minimum absolute atomic E-state index is 0.00419. The van der Waals surface area contributed by atoms with Crippen LogP contribution in [0.1, 0.15) is 11.1 Å². The van der Waals surface area contributed by atoms with Crippen LogP contribution in [0.3, 0.4) is 0 Å². The summed E-state index contributed by atoms with van der Waals surface area (Å²) in [5.74, 6) is -2.49. The first-order valence-corrected chi connectivity index (χ1v) is 17.3. The maximum Gasteiger partial charge on any atom is 0.158 e. The molecule has 0 radical (unpaired) electrons. The third-order valence-corrected chi connectivity index (χ3v) is 9.89. The number of aromatic nitrogens is 2. The van der Waals surface area contributed by atoms with Crippen LogP contribution < -0.4 is 0 Å². The Morgan fingerprint density at radius 1 is 0.533 bits per heavy atom. The lowest BCUT2D eigenvalue weighted by molar-refractivity contribution is 0.581. The number of rotatable bonds is 8. The van der Waals surface area contributed by atoms with Crippen molar-refractivity contribution in [1.82, 2.24) is 9.97 Å². The number of hydrogen-bond acceptors (Lipinski definition) is 4. The smallest absolute Gasteiger partial charge is 0.158 e. The fourth-order valence-corrected chi connectivity index (χ4v) is 7.19. The zero-order chi connectivity index (χ0) is 31.6. The van der Waals surface area contributed by atoms with Crippen molar-refractivity contribution in [2.75, 3.05) is 0 Å². The second-order valence-electron chi connectivity index (χ2n) is 10.5. The molecular formula is C36H24Br2F2N2O2S. The normalized spacial score (nSPS) is 11.5. The van der Waals surface area contributed by atoms with Crippen LogP contribution in [-0.4, -0.2) is 18.4 Å². The molecule has 0 N–H and O–H groups in total. The van der Waals surface area contributed by atoms with Gasteiger partial charge in [0.1, 0.15) is 11.6 Å². The van der Waals surface area contributed by atoms with Crippen molar-refractivity contribution >= 4 is 41.7 Å². The molecule has 4 aromatic carbocycles. The fraction of sp³-hybridized carbons (Fsp3) is 0.0556. The highest BCUT2D eigenvalue weighted by Gasteiger charge is 2.20. The molecule has 6 rings (SSSR count). The molecular weight excluding hydrogens is 722 g/mol. The van der Waals surface area contributed by atoms with Gasteiger partial charge in [-0.1, -0.05) is 92.5 Å². The van der Waals surface area contributed by atoms with E-state index in [2.05, 4.69) is 41.8 Å². The standard InChI is InChI=1S/C36H24Br2F2N2O2S/c37-29-13-9-23(10-14-29)31-3-1-17-41-35(31)25-5-7-27(33(39)19-25)21-45(43,44)22-28-8-6-26(20-34(28)40)36-32(4-2-18-42-36)24-11-15-30(38)16-12-24/h1-20H,21-22H2. The van der Waals surface area contributed by atoms with Gasteiger partial charge in [-0.25, -0.2) is 17.2 Å². The molecule has 4 nitrogen and oxygen atoms in total. The first-order valence-electron chi connectivity index (χ1n) is 13.9. The lowest BCUT2D eigenvalue weighted by atomic mass is 9.99.